The summed E-state index contributed by atoms with van der Waals surface area (Å²) in [5.74, 6) is 0.155. The number of carbonyl (C=O) groups excluding carboxylic acids is 2. The van der Waals surface area contributed by atoms with Crippen molar-refractivity contribution in [2.45, 2.75) is 32.6 Å². The molecule has 0 aromatic heterocycles. The van der Waals surface area contributed by atoms with Crippen LogP contribution in [0.25, 0.3) is 0 Å². The Balaban J connectivity index is 1.85. The molecule has 20 heavy (non-hydrogen) atoms. The Bertz CT molecular complexity index is 543. The van der Waals surface area contributed by atoms with E-state index in [-0.39, 0.29) is 17.7 Å². The summed E-state index contributed by atoms with van der Waals surface area (Å²) in [4.78, 5) is 25.9. The van der Waals surface area contributed by atoms with E-state index in [4.69, 9.17) is 0 Å². The van der Waals surface area contributed by atoms with E-state index in [0.29, 0.717) is 19.4 Å². The molecule has 1 unspecified atom stereocenters. The molecule has 0 saturated carbocycles. The van der Waals surface area contributed by atoms with Crippen LogP contribution in [0.2, 0.25) is 0 Å². The van der Waals surface area contributed by atoms with Gasteiger partial charge >= 0.3 is 0 Å². The van der Waals surface area contributed by atoms with Gasteiger partial charge in [0.15, 0.2) is 0 Å². The molecule has 0 bridgehead atoms. The molecule has 1 atom stereocenters. The van der Waals surface area contributed by atoms with E-state index in [1.54, 1.807) is 0 Å². The number of carbonyl (C=O) groups is 2. The number of rotatable bonds is 1. The molecule has 2 heterocycles. The Kier molecular flexibility index (Phi) is 3.47. The Labute approximate surface area is 119 Å². The van der Waals surface area contributed by atoms with E-state index in [0.717, 1.165) is 30.6 Å². The minimum atomic E-state index is -0.0711. The van der Waals surface area contributed by atoms with Gasteiger partial charge in [-0.25, -0.2) is 0 Å². The fraction of sp³-hybridized carbons (Fsp3) is 0.500. The van der Waals surface area contributed by atoms with Crippen LogP contribution < -0.4 is 10.2 Å². The summed E-state index contributed by atoms with van der Waals surface area (Å²) in [6.45, 7) is 3.34. The van der Waals surface area contributed by atoms with E-state index < -0.39 is 0 Å². The normalized spacial score (nSPS) is 22.1. The summed E-state index contributed by atoms with van der Waals surface area (Å²) in [5, 5.41) is 2.80. The van der Waals surface area contributed by atoms with Crippen LogP contribution in [-0.4, -0.2) is 24.9 Å². The Morgan fingerprint density at radius 1 is 1.35 bits per heavy atom. The quantitative estimate of drug-likeness (QED) is 0.847. The zero-order valence-corrected chi connectivity index (χ0v) is 11.8. The van der Waals surface area contributed by atoms with Crippen LogP contribution in [0.15, 0.2) is 18.2 Å². The number of amides is 2. The highest BCUT2D eigenvalue weighted by molar-refractivity contribution is 5.98. The number of benzene rings is 1. The molecule has 4 heteroatoms. The van der Waals surface area contributed by atoms with Crippen LogP contribution in [0.4, 0.5) is 5.69 Å². The van der Waals surface area contributed by atoms with E-state index in [2.05, 4.69) is 30.4 Å². The van der Waals surface area contributed by atoms with Crippen LogP contribution in [0.1, 0.15) is 30.4 Å². The first-order valence-electron chi connectivity index (χ1n) is 7.33. The molecule has 0 aliphatic carbocycles. The van der Waals surface area contributed by atoms with Crippen molar-refractivity contribution >= 4 is 17.5 Å². The van der Waals surface area contributed by atoms with Gasteiger partial charge in [0.25, 0.3) is 0 Å². The van der Waals surface area contributed by atoms with Crippen LogP contribution in [0.5, 0.6) is 0 Å². The van der Waals surface area contributed by atoms with Gasteiger partial charge in [0.2, 0.25) is 11.8 Å². The number of hydrogen-bond acceptors (Lipinski definition) is 2. The number of anilines is 1. The number of aryl methyl sites for hydroxylation is 2. The van der Waals surface area contributed by atoms with Crippen molar-refractivity contribution in [1.29, 1.82) is 0 Å². The largest absolute Gasteiger partial charge is 0.355 e. The highest BCUT2D eigenvalue weighted by Crippen LogP contribution is 2.32. The third-order valence-electron chi connectivity index (χ3n) is 4.30. The van der Waals surface area contributed by atoms with Crippen molar-refractivity contribution in [3.05, 3.63) is 29.3 Å². The van der Waals surface area contributed by atoms with E-state index in [9.17, 15) is 9.59 Å². The highest BCUT2D eigenvalue weighted by Gasteiger charge is 2.31. The maximum Gasteiger partial charge on any atom is 0.231 e. The fourth-order valence-electron chi connectivity index (χ4n) is 3.23. The van der Waals surface area contributed by atoms with Gasteiger partial charge in [-0.15, -0.1) is 0 Å². The molecule has 4 nitrogen and oxygen atoms in total. The molecule has 1 aromatic rings. The zero-order valence-electron chi connectivity index (χ0n) is 11.8. The van der Waals surface area contributed by atoms with Crippen LogP contribution in [-0.2, 0) is 16.0 Å². The molecule has 1 fully saturated rings. The lowest BCUT2D eigenvalue weighted by Crippen LogP contribution is -2.46. The summed E-state index contributed by atoms with van der Waals surface area (Å²) in [5.41, 5.74) is 3.53. The molecule has 106 valence electrons. The number of nitrogens with zero attached hydrogens (tertiary/aromatic N) is 1. The minimum Gasteiger partial charge on any atom is -0.355 e. The van der Waals surface area contributed by atoms with Gasteiger partial charge in [-0.3, -0.25) is 9.59 Å². The molecular weight excluding hydrogens is 252 g/mol. The molecule has 1 N–H and O–H groups in total. The van der Waals surface area contributed by atoms with Gasteiger partial charge in [-0.05, 0) is 37.3 Å². The lowest BCUT2D eigenvalue weighted by Gasteiger charge is -2.34. The molecule has 2 amide bonds. The first kappa shape index (κ1) is 13.2. The number of hydrogen-bond donors (Lipinski definition) is 1. The van der Waals surface area contributed by atoms with E-state index in [1.165, 1.54) is 5.56 Å². The molecule has 3 rings (SSSR count). The van der Waals surface area contributed by atoms with Gasteiger partial charge in [-0.1, -0.05) is 18.2 Å². The zero-order chi connectivity index (χ0) is 14.1. The van der Waals surface area contributed by atoms with E-state index in [1.807, 2.05) is 4.90 Å². The molecule has 0 spiro atoms. The van der Waals surface area contributed by atoms with Crippen molar-refractivity contribution in [3.8, 4) is 0 Å². The molecule has 0 radical (unpaired) electrons. The maximum atomic E-state index is 12.7. The molecule has 1 aromatic carbocycles. The van der Waals surface area contributed by atoms with Crippen LogP contribution in [0, 0.1) is 12.8 Å². The second-order valence-electron chi connectivity index (χ2n) is 5.72. The topological polar surface area (TPSA) is 49.4 Å². The average Bonchev–Trinajstić information content (AvgIpc) is 2.47. The van der Waals surface area contributed by atoms with Crippen LogP contribution in [0.3, 0.4) is 0 Å². The number of piperidine rings is 1. The lowest BCUT2D eigenvalue weighted by molar-refractivity contribution is -0.127. The Morgan fingerprint density at radius 2 is 2.20 bits per heavy atom. The predicted molar refractivity (Wildman–Crippen MR) is 77.6 cm³/mol. The minimum absolute atomic E-state index is 0.0595. The Morgan fingerprint density at radius 3 is 2.95 bits per heavy atom. The van der Waals surface area contributed by atoms with Crippen molar-refractivity contribution in [2.24, 2.45) is 5.92 Å². The second kappa shape index (κ2) is 5.27. The molecule has 2 aliphatic heterocycles. The molecular formula is C16H20N2O2. The number of fused-ring (bicyclic) bond motifs is 1. The molecule has 1 saturated heterocycles. The summed E-state index contributed by atoms with van der Waals surface area (Å²) < 4.78 is 0. The standard InChI is InChI=1S/C16H20N2O2/c1-11-4-2-5-12-6-3-9-18(15(11)12)16(20)13-7-8-14(19)17-10-13/h2,4-5,13H,3,6-10H2,1H3,(H,17,19). The molecule has 2 aliphatic rings. The number of nitrogens with one attached hydrogen (secondary N) is 1. The highest BCUT2D eigenvalue weighted by atomic mass is 16.2. The van der Waals surface area contributed by atoms with Gasteiger partial charge < -0.3 is 10.2 Å². The van der Waals surface area contributed by atoms with Gasteiger partial charge in [0, 0.05) is 25.2 Å². The van der Waals surface area contributed by atoms with Crippen molar-refractivity contribution in [3.63, 3.8) is 0 Å². The summed E-state index contributed by atoms with van der Waals surface area (Å²) in [7, 11) is 0. The van der Waals surface area contributed by atoms with Crippen molar-refractivity contribution in [1.82, 2.24) is 5.32 Å². The van der Waals surface area contributed by atoms with E-state index >= 15 is 0 Å². The van der Waals surface area contributed by atoms with Gasteiger partial charge in [0.05, 0.1) is 5.92 Å². The predicted octanol–water partition coefficient (Wildman–Crippen LogP) is 1.80. The number of para-hydroxylation sites is 1. The monoisotopic (exact) mass is 272 g/mol. The summed E-state index contributed by atoms with van der Waals surface area (Å²) in [6, 6.07) is 6.24. The maximum absolute atomic E-state index is 12.7. The Hall–Kier alpha value is -1.84. The van der Waals surface area contributed by atoms with Crippen LogP contribution >= 0.6 is 0 Å². The van der Waals surface area contributed by atoms with Gasteiger partial charge in [-0.2, -0.15) is 0 Å². The fourth-order valence-corrected chi connectivity index (χ4v) is 3.23. The van der Waals surface area contributed by atoms with Gasteiger partial charge in [0.1, 0.15) is 0 Å². The third-order valence-corrected chi connectivity index (χ3v) is 4.30. The first-order chi connectivity index (χ1) is 9.66. The van der Waals surface area contributed by atoms with Crippen molar-refractivity contribution in [2.75, 3.05) is 18.0 Å². The second-order valence-corrected chi connectivity index (χ2v) is 5.72. The third kappa shape index (κ3) is 2.30. The summed E-state index contributed by atoms with van der Waals surface area (Å²) >= 11 is 0. The average molecular weight is 272 g/mol. The first-order valence-corrected chi connectivity index (χ1v) is 7.33. The lowest BCUT2D eigenvalue weighted by atomic mass is 9.93. The summed E-state index contributed by atoms with van der Waals surface area (Å²) in [6.07, 6.45) is 3.19. The smallest absolute Gasteiger partial charge is 0.231 e. The SMILES string of the molecule is Cc1cccc2c1N(C(=O)C1CCC(=O)NC1)CCC2. The van der Waals surface area contributed by atoms with Crippen molar-refractivity contribution < 1.29 is 9.59 Å².